The van der Waals surface area contributed by atoms with E-state index in [0.717, 1.165) is 43.9 Å². The van der Waals surface area contributed by atoms with E-state index in [1.807, 2.05) is 66.5 Å². The predicted molar refractivity (Wildman–Crippen MR) is 131 cm³/mol. The van der Waals surface area contributed by atoms with E-state index in [1.54, 1.807) is 20.4 Å². The second kappa shape index (κ2) is 8.33. The molecule has 1 aliphatic heterocycles. The molecule has 0 saturated carbocycles. The van der Waals surface area contributed by atoms with Crippen LogP contribution < -0.4 is 14.4 Å². The third kappa shape index (κ3) is 3.64. The molecule has 0 fully saturated rings. The monoisotopic (exact) mass is 458 g/mol. The molecule has 0 saturated heterocycles. The summed E-state index contributed by atoms with van der Waals surface area (Å²) in [6.45, 7) is 0.251. The third-order valence-corrected chi connectivity index (χ3v) is 6.20. The number of ether oxygens (including phenoxy) is 3. The van der Waals surface area contributed by atoms with E-state index in [0.29, 0.717) is 17.1 Å². The van der Waals surface area contributed by atoms with Crippen molar-refractivity contribution in [3.8, 4) is 22.6 Å². The van der Waals surface area contributed by atoms with Gasteiger partial charge in [0.05, 0.1) is 19.8 Å². The highest BCUT2D eigenvalue weighted by molar-refractivity contribution is 7.80. The largest absolute Gasteiger partial charge is 0.493 e. The minimum absolute atomic E-state index is 0.251. The molecule has 2 heterocycles. The molecule has 0 amide bonds. The lowest BCUT2D eigenvalue weighted by atomic mass is 9.91. The molecule has 5 rings (SSSR count). The lowest BCUT2D eigenvalue weighted by Gasteiger charge is -2.19. The maximum atomic E-state index is 12.7. The summed E-state index contributed by atoms with van der Waals surface area (Å²) in [5, 5.41) is 1.81. The van der Waals surface area contributed by atoms with Crippen molar-refractivity contribution < 1.29 is 19.0 Å². The molecule has 0 radical (unpaired) electrons. The number of hydrogen-bond acceptors (Lipinski definition) is 7. The number of methoxy groups -OCH3 is 2. The molecule has 33 heavy (non-hydrogen) atoms. The first-order chi connectivity index (χ1) is 16.0. The second-order valence-electron chi connectivity index (χ2n) is 7.77. The number of hydrogen-bond donors (Lipinski definition) is 1. The van der Waals surface area contributed by atoms with E-state index in [4.69, 9.17) is 14.2 Å². The molecule has 0 N–H and O–H groups in total. The van der Waals surface area contributed by atoms with Gasteiger partial charge in [0.25, 0.3) is 0 Å². The molecule has 0 bridgehead atoms. The van der Waals surface area contributed by atoms with Gasteiger partial charge in [-0.1, -0.05) is 0 Å². The number of carbonyl (C=O) groups excluding carboxylic acids is 1. The Kier molecular flexibility index (Phi) is 5.34. The van der Waals surface area contributed by atoms with Gasteiger partial charge in [0.15, 0.2) is 11.5 Å². The average molecular weight is 459 g/mol. The van der Waals surface area contributed by atoms with E-state index in [2.05, 4.69) is 17.6 Å². The van der Waals surface area contributed by atoms with E-state index in [1.165, 1.54) is 0 Å². The number of aromatic nitrogens is 1. The molecule has 0 atom stereocenters. The van der Waals surface area contributed by atoms with Crippen LogP contribution in [0, 0.1) is 0 Å². The second-order valence-corrected chi connectivity index (χ2v) is 8.29. The molecule has 1 aliphatic rings. The summed E-state index contributed by atoms with van der Waals surface area (Å²) in [7, 11) is 5.16. The average Bonchev–Trinajstić information content (AvgIpc) is 3.21. The molecule has 166 valence electrons. The van der Waals surface area contributed by atoms with Crippen LogP contribution in [0.4, 0.5) is 11.5 Å². The Morgan fingerprint density at radius 2 is 1.70 bits per heavy atom. The fourth-order valence-electron chi connectivity index (χ4n) is 4.19. The number of thiol groups is 1. The molecule has 0 unspecified atom stereocenters. The summed E-state index contributed by atoms with van der Waals surface area (Å²) in [4.78, 5) is 20.2. The number of carbonyl (C=O) groups is 1. The Bertz CT molecular complexity index is 1370. The molecule has 0 spiro atoms. The Balaban J connectivity index is 1.65. The highest BCUT2D eigenvalue weighted by Gasteiger charge is 2.28. The van der Waals surface area contributed by atoms with Crippen LogP contribution in [0.1, 0.15) is 15.9 Å². The maximum absolute atomic E-state index is 12.7. The molecule has 1 aromatic heterocycles. The van der Waals surface area contributed by atoms with Crippen molar-refractivity contribution in [2.45, 2.75) is 11.5 Å². The van der Waals surface area contributed by atoms with Crippen LogP contribution in [0.25, 0.3) is 21.9 Å². The fourth-order valence-corrected chi connectivity index (χ4v) is 4.34. The van der Waals surface area contributed by atoms with Crippen LogP contribution >= 0.6 is 12.6 Å². The van der Waals surface area contributed by atoms with Crippen molar-refractivity contribution in [2.75, 3.05) is 26.2 Å². The normalized spacial score (nSPS) is 12.4. The molecular formula is C26H22N2O4S. The summed E-state index contributed by atoms with van der Waals surface area (Å²) in [6.07, 6.45) is 1.79. The van der Waals surface area contributed by atoms with E-state index in [9.17, 15) is 4.79 Å². The third-order valence-electron chi connectivity index (χ3n) is 5.91. The smallest absolute Gasteiger partial charge is 0.339 e. The van der Waals surface area contributed by atoms with Crippen molar-refractivity contribution in [2.24, 2.45) is 0 Å². The van der Waals surface area contributed by atoms with Gasteiger partial charge >= 0.3 is 5.97 Å². The number of esters is 1. The van der Waals surface area contributed by atoms with Crippen molar-refractivity contribution in [3.05, 3.63) is 71.9 Å². The minimum Gasteiger partial charge on any atom is -0.493 e. The van der Waals surface area contributed by atoms with Crippen molar-refractivity contribution in [1.29, 1.82) is 0 Å². The lowest BCUT2D eigenvalue weighted by molar-refractivity contribution is 0.0535. The van der Waals surface area contributed by atoms with Gasteiger partial charge in [-0.2, -0.15) is 0 Å². The van der Waals surface area contributed by atoms with Crippen LogP contribution in [-0.4, -0.2) is 32.2 Å². The van der Waals surface area contributed by atoms with Crippen molar-refractivity contribution >= 4 is 40.9 Å². The number of nitrogens with zero attached hydrogens (tertiary/aromatic N) is 2. The zero-order valence-electron chi connectivity index (χ0n) is 18.5. The Labute approximate surface area is 197 Å². The summed E-state index contributed by atoms with van der Waals surface area (Å²) in [5.41, 5.74) is 4.03. The van der Waals surface area contributed by atoms with Crippen LogP contribution in [0.5, 0.6) is 11.5 Å². The topological polar surface area (TPSA) is 60.9 Å². The summed E-state index contributed by atoms with van der Waals surface area (Å²) in [5.74, 6) is 1.67. The van der Waals surface area contributed by atoms with Gasteiger partial charge in [0.2, 0.25) is 0 Å². The SMILES string of the molecule is COc1cc2cc3c(c(-c4ccc(N(C)c5ccc(S)cc5)nc4)c2cc1OC)C(=O)OC3. The van der Waals surface area contributed by atoms with Crippen molar-refractivity contribution in [1.82, 2.24) is 4.98 Å². The predicted octanol–water partition coefficient (Wildman–Crippen LogP) is 5.65. The van der Waals surface area contributed by atoms with E-state index < -0.39 is 0 Å². The maximum Gasteiger partial charge on any atom is 0.339 e. The zero-order valence-corrected chi connectivity index (χ0v) is 19.3. The number of rotatable bonds is 5. The summed E-state index contributed by atoms with van der Waals surface area (Å²) >= 11 is 4.35. The van der Waals surface area contributed by atoms with Gasteiger partial charge in [-0.15, -0.1) is 12.6 Å². The Morgan fingerprint density at radius 3 is 2.36 bits per heavy atom. The van der Waals surface area contributed by atoms with Gasteiger partial charge in [-0.05, 0) is 65.4 Å². The van der Waals surface area contributed by atoms with Gasteiger partial charge in [0.1, 0.15) is 12.4 Å². The summed E-state index contributed by atoms with van der Waals surface area (Å²) < 4.78 is 16.4. The standard InChI is InChI=1S/C26H22N2O4S/c1-28(18-5-7-19(33)8-6-18)23-9-4-15(13-27-23)24-20-12-22(31-3)21(30-2)11-16(20)10-17-14-32-26(29)25(17)24/h4-13,33H,14H2,1-3H3. The first-order valence-electron chi connectivity index (χ1n) is 10.4. The van der Waals surface area contributed by atoms with Gasteiger partial charge in [0, 0.05) is 40.5 Å². The quantitative estimate of drug-likeness (QED) is 0.308. The highest BCUT2D eigenvalue weighted by atomic mass is 32.1. The number of cyclic esters (lactones) is 1. The fraction of sp³-hybridized carbons (Fsp3) is 0.154. The number of benzene rings is 3. The van der Waals surface area contributed by atoms with Crippen LogP contribution in [0.15, 0.2) is 65.7 Å². The van der Waals surface area contributed by atoms with Crippen LogP contribution in [-0.2, 0) is 11.3 Å². The van der Waals surface area contributed by atoms with Crippen LogP contribution in [0.2, 0.25) is 0 Å². The number of anilines is 2. The molecule has 7 heteroatoms. The molecule has 0 aliphatic carbocycles. The lowest BCUT2D eigenvalue weighted by Crippen LogP contribution is -2.10. The molecular weight excluding hydrogens is 436 g/mol. The molecule has 4 aromatic rings. The molecule has 3 aromatic carbocycles. The van der Waals surface area contributed by atoms with E-state index in [-0.39, 0.29) is 12.6 Å². The Hall–Kier alpha value is -3.71. The Morgan fingerprint density at radius 1 is 0.970 bits per heavy atom. The van der Waals surface area contributed by atoms with Gasteiger partial charge in [-0.25, -0.2) is 9.78 Å². The highest BCUT2D eigenvalue weighted by Crippen LogP contribution is 2.42. The van der Waals surface area contributed by atoms with Gasteiger partial charge < -0.3 is 19.1 Å². The first-order valence-corrected chi connectivity index (χ1v) is 10.8. The first kappa shape index (κ1) is 21.2. The van der Waals surface area contributed by atoms with E-state index >= 15 is 0 Å². The van der Waals surface area contributed by atoms with Gasteiger partial charge in [-0.3, -0.25) is 0 Å². The number of pyridine rings is 1. The minimum atomic E-state index is -0.329. The number of fused-ring (bicyclic) bond motifs is 2. The van der Waals surface area contributed by atoms with Crippen molar-refractivity contribution in [3.63, 3.8) is 0 Å². The zero-order chi connectivity index (χ0) is 23.1. The van der Waals surface area contributed by atoms with Crippen LogP contribution in [0.3, 0.4) is 0 Å². The summed E-state index contributed by atoms with van der Waals surface area (Å²) in [6, 6.07) is 17.6. The molecule has 6 nitrogen and oxygen atoms in total.